The molecule has 0 aliphatic carbocycles. The van der Waals surface area contributed by atoms with Gasteiger partial charge in [0.05, 0.1) is 13.2 Å². The van der Waals surface area contributed by atoms with Crippen molar-refractivity contribution in [3.8, 4) is 0 Å². The summed E-state index contributed by atoms with van der Waals surface area (Å²) >= 11 is 0. The highest BCUT2D eigenvalue weighted by Gasteiger charge is 2.13. The normalized spacial score (nSPS) is 12.5. The van der Waals surface area contributed by atoms with Crippen LogP contribution in [0.4, 0.5) is 0 Å². The molecule has 1 N–H and O–H groups in total. The Morgan fingerprint density at radius 3 is 1.84 bits per heavy atom. The van der Waals surface area contributed by atoms with Gasteiger partial charge in [-0.15, -0.1) is 0 Å². The van der Waals surface area contributed by atoms with Crippen LogP contribution in [-0.2, 0) is 14.3 Å². The van der Waals surface area contributed by atoms with Gasteiger partial charge in [0.2, 0.25) is 0 Å². The van der Waals surface area contributed by atoms with Crippen LogP contribution in [0.5, 0.6) is 0 Å². The molecule has 0 saturated heterocycles. The fourth-order valence-corrected chi connectivity index (χ4v) is 3.73. The summed E-state index contributed by atoms with van der Waals surface area (Å²) in [5.74, 6) is -0.211. The maximum Gasteiger partial charge on any atom is 0.306 e. The molecule has 0 heterocycles. The van der Waals surface area contributed by atoms with Crippen molar-refractivity contribution in [2.24, 2.45) is 0 Å². The number of esters is 1. The molecule has 32 heavy (non-hydrogen) atoms. The molecule has 0 bridgehead atoms. The van der Waals surface area contributed by atoms with Crippen LogP contribution >= 0.6 is 0 Å². The van der Waals surface area contributed by atoms with Gasteiger partial charge in [0, 0.05) is 13.0 Å². The Labute approximate surface area is 199 Å². The molecule has 4 nitrogen and oxygen atoms in total. The molecule has 0 aliphatic heterocycles. The summed E-state index contributed by atoms with van der Waals surface area (Å²) in [6, 6.07) is 0. The van der Waals surface area contributed by atoms with E-state index in [4.69, 9.17) is 9.47 Å². The molecule has 0 aromatic heterocycles. The van der Waals surface area contributed by atoms with Gasteiger partial charge in [-0.05, 0) is 38.5 Å². The number of aliphatic hydroxyl groups is 1. The maximum atomic E-state index is 11.9. The zero-order chi connectivity index (χ0) is 23.5. The van der Waals surface area contributed by atoms with Crippen molar-refractivity contribution < 1.29 is 19.4 Å². The van der Waals surface area contributed by atoms with E-state index in [1.807, 2.05) is 0 Å². The standard InChI is InChI=1S/C28H54O4/c1-3-5-7-9-11-12-13-14-15-16-18-20-22-24-31-26-27(25-29)32-28(30)23-21-19-17-10-8-6-4-2/h11-12,27,29H,3-10,13-26H2,1-2H3/b12-11-. The molecule has 1 atom stereocenters. The lowest BCUT2D eigenvalue weighted by molar-refractivity contribution is -0.154. The van der Waals surface area contributed by atoms with Crippen molar-refractivity contribution in [3.63, 3.8) is 0 Å². The molecular weight excluding hydrogens is 400 g/mol. The predicted molar refractivity (Wildman–Crippen MR) is 136 cm³/mol. The van der Waals surface area contributed by atoms with E-state index in [-0.39, 0.29) is 12.6 Å². The number of hydrogen-bond donors (Lipinski definition) is 1. The topological polar surface area (TPSA) is 55.8 Å². The first kappa shape index (κ1) is 31.1. The van der Waals surface area contributed by atoms with E-state index in [9.17, 15) is 9.90 Å². The van der Waals surface area contributed by atoms with Crippen molar-refractivity contribution in [2.45, 2.75) is 142 Å². The third kappa shape index (κ3) is 23.8. The van der Waals surface area contributed by atoms with Gasteiger partial charge in [-0.3, -0.25) is 4.79 Å². The monoisotopic (exact) mass is 454 g/mol. The minimum Gasteiger partial charge on any atom is -0.457 e. The average Bonchev–Trinajstić information content (AvgIpc) is 2.80. The van der Waals surface area contributed by atoms with E-state index in [1.54, 1.807) is 0 Å². The first-order chi connectivity index (χ1) is 15.7. The largest absolute Gasteiger partial charge is 0.457 e. The summed E-state index contributed by atoms with van der Waals surface area (Å²) < 4.78 is 11.0. The van der Waals surface area contributed by atoms with Gasteiger partial charge in [-0.25, -0.2) is 0 Å². The number of aliphatic hydroxyl groups excluding tert-OH is 1. The number of ether oxygens (including phenoxy) is 2. The van der Waals surface area contributed by atoms with Gasteiger partial charge in [0.1, 0.15) is 6.10 Å². The molecule has 0 amide bonds. The number of allylic oxidation sites excluding steroid dienone is 2. The van der Waals surface area contributed by atoms with Crippen LogP contribution < -0.4 is 0 Å². The molecule has 190 valence electrons. The average molecular weight is 455 g/mol. The first-order valence-electron chi connectivity index (χ1n) is 13.8. The van der Waals surface area contributed by atoms with Crippen LogP contribution in [0.3, 0.4) is 0 Å². The van der Waals surface area contributed by atoms with Crippen molar-refractivity contribution in [3.05, 3.63) is 12.2 Å². The van der Waals surface area contributed by atoms with Crippen LogP contribution in [0, 0.1) is 0 Å². The number of rotatable bonds is 25. The highest BCUT2D eigenvalue weighted by molar-refractivity contribution is 5.69. The van der Waals surface area contributed by atoms with Gasteiger partial charge < -0.3 is 14.6 Å². The Balaban J connectivity index is 3.44. The van der Waals surface area contributed by atoms with E-state index in [0.717, 1.165) is 19.3 Å². The van der Waals surface area contributed by atoms with Gasteiger partial charge >= 0.3 is 5.97 Å². The summed E-state index contributed by atoms with van der Waals surface area (Å²) in [4.78, 5) is 11.9. The van der Waals surface area contributed by atoms with E-state index < -0.39 is 6.10 Å². The van der Waals surface area contributed by atoms with E-state index in [1.165, 1.54) is 96.3 Å². The number of carbonyl (C=O) groups excluding carboxylic acids is 1. The summed E-state index contributed by atoms with van der Waals surface area (Å²) in [5, 5.41) is 9.42. The van der Waals surface area contributed by atoms with Gasteiger partial charge in [-0.2, -0.15) is 0 Å². The van der Waals surface area contributed by atoms with Crippen molar-refractivity contribution in [2.75, 3.05) is 19.8 Å². The summed E-state index contributed by atoms with van der Waals surface area (Å²) in [6.07, 6.45) is 26.6. The fraction of sp³-hybridized carbons (Fsp3) is 0.893. The van der Waals surface area contributed by atoms with Crippen LogP contribution in [0.25, 0.3) is 0 Å². The van der Waals surface area contributed by atoms with Crippen molar-refractivity contribution >= 4 is 5.97 Å². The van der Waals surface area contributed by atoms with Crippen molar-refractivity contribution in [1.82, 2.24) is 0 Å². The van der Waals surface area contributed by atoms with Gasteiger partial charge in [0.25, 0.3) is 0 Å². The summed E-state index contributed by atoms with van der Waals surface area (Å²) in [7, 11) is 0. The van der Waals surface area contributed by atoms with E-state index >= 15 is 0 Å². The lowest BCUT2D eigenvalue weighted by Crippen LogP contribution is -2.27. The third-order valence-electron chi connectivity index (χ3n) is 5.84. The second-order valence-electron chi connectivity index (χ2n) is 9.12. The van der Waals surface area contributed by atoms with E-state index in [2.05, 4.69) is 26.0 Å². The predicted octanol–water partition coefficient (Wildman–Crippen LogP) is 7.92. The van der Waals surface area contributed by atoms with Crippen LogP contribution in [0.15, 0.2) is 12.2 Å². The molecule has 0 aromatic carbocycles. The molecule has 1 unspecified atom stereocenters. The molecule has 0 aliphatic rings. The number of carbonyl (C=O) groups is 1. The highest BCUT2D eigenvalue weighted by atomic mass is 16.6. The SMILES string of the molecule is CCCCC/C=C\CCCCCCCCOCC(CO)OC(=O)CCCCCCCCC. The third-order valence-corrected chi connectivity index (χ3v) is 5.84. The lowest BCUT2D eigenvalue weighted by atomic mass is 10.1. The molecule has 0 rings (SSSR count). The Bertz CT molecular complexity index is 408. The fourth-order valence-electron chi connectivity index (χ4n) is 3.73. The molecule has 0 saturated carbocycles. The smallest absolute Gasteiger partial charge is 0.306 e. The second kappa shape index (κ2) is 26.4. The van der Waals surface area contributed by atoms with E-state index in [0.29, 0.717) is 19.6 Å². The van der Waals surface area contributed by atoms with Gasteiger partial charge in [0.15, 0.2) is 0 Å². The van der Waals surface area contributed by atoms with Crippen LogP contribution in [0.2, 0.25) is 0 Å². The molecule has 0 aromatic rings. The maximum absolute atomic E-state index is 11.9. The second-order valence-corrected chi connectivity index (χ2v) is 9.12. The van der Waals surface area contributed by atoms with Gasteiger partial charge in [-0.1, -0.05) is 103 Å². The summed E-state index contributed by atoms with van der Waals surface area (Å²) in [6.45, 7) is 5.26. The van der Waals surface area contributed by atoms with Crippen molar-refractivity contribution in [1.29, 1.82) is 0 Å². The molecule has 0 spiro atoms. The Kier molecular flexibility index (Phi) is 25.7. The Morgan fingerprint density at radius 1 is 0.719 bits per heavy atom. The first-order valence-corrected chi connectivity index (χ1v) is 13.8. The molecule has 0 fully saturated rings. The molecule has 0 radical (unpaired) electrons. The zero-order valence-electron chi connectivity index (χ0n) is 21.5. The highest BCUT2D eigenvalue weighted by Crippen LogP contribution is 2.10. The van der Waals surface area contributed by atoms with Crippen LogP contribution in [0.1, 0.15) is 136 Å². The number of hydrogen-bond acceptors (Lipinski definition) is 4. The Hall–Kier alpha value is -0.870. The molecule has 4 heteroatoms. The zero-order valence-corrected chi connectivity index (χ0v) is 21.5. The lowest BCUT2D eigenvalue weighted by Gasteiger charge is -2.15. The number of unbranched alkanes of at least 4 members (excludes halogenated alkanes) is 15. The molecular formula is C28H54O4. The quantitative estimate of drug-likeness (QED) is 0.0864. The Morgan fingerprint density at radius 2 is 1.22 bits per heavy atom. The van der Waals surface area contributed by atoms with Crippen LogP contribution in [-0.4, -0.2) is 37.0 Å². The summed E-state index contributed by atoms with van der Waals surface area (Å²) in [5.41, 5.74) is 0. The minimum absolute atomic E-state index is 0.171. The minimum atomic E-state index is -0.526.